The smallest absolute Gasteiger partial charge is 0.317 e. The fourth-order valence-corrected chi connectivity index (χ4v) is 2.66. The summed E-state index contributed by atoms with van der Waals surface area (Å²) in [6, 6.07) is 3.52. The molecule has 0 radical (unpaired) electrons. The molecule has 2 amide bonds. The fraction of sp³-hybridized carbons (Fsp3) is 0.583. The van der Waals surface area contributed by atoms with Gasteiger partial charge in [-0.25, -0.2) is 13.6 Å². The Bertz CT molecular complexity index is 398. The van der Waals surface area contributed by atoms with Gasteiger partial charge < -0.3 is 10.2 Å². The summed E-state index contributed by atoms with van der Waals surface area (Å²) in [4.78, 5) is 14.4. The first-order valence-corrected chi connectivity index (χ1v) is 6.82. The maximum Gasteiger partial charge on any atom is 0.317 e. The molecule has 1 saturated heterocycles. The minimum atomic E-state index is -2.61. The highest BCUT2D eigenvalue weighted by Gasteiger charge is 2.35. The summed E-state index contributed by atoms with van der Waals surface area (Å²) in [5.41, 5.74) is 0. The number of carbonyl (C=O) groups excluding carboxylic acids is 1. The van der Waals surface area contributed by atoms with Crippen molar-refractivity contribution in [2.75, 3.05) is 13.1 Å². The summed E-state index contributed by atoms with van der Waals surface area (Å²) in [6.45, 7) is 2.13. The van der Waals surface area contributed by atoms with Crippen LogP contribution in [-0.4, -0.2) is 29.9 Å². The average molecular weight is 274 g/mol. The predicted molar refractivity (Wildman–Crippen MR) is 67.0 cm³/mol. The molecule has 6 heteroatoms. The van der Waals surface area contributed by atoms with Crippen molar-refractivity contribution < 1.29 is 13.6 Å². The second-order valence-electron chi connectivity index (χ2n) is 4.53. The first-order valence-electron chi connectivity index (χ1n) is 5.95. The maximum atomic E-state index is 13.0. The molecule has 1 aromatic rings. The van der Waals surface area contributed by atoms with Crippen molar-refractivity contribution in [2.45, 2.75) is 31.7 Å². The zero-order valence-electron chi connectivity index (χ0n) is 10.2. The fourth-order valence-electron chi connectivity index (χ4n) is 1.92. The van der Waals surface area contributed by atoms with Crippen LogP contribution in [0.5, 0.6) is 0 Å². The molecule has 0 aliphatic carbocycles. The van der Waals surface area contributed by atoms with Crippen molar-refractivity contribution in [3.63, 3.8) is 0 Å². The molecule has 0 spiro atoms. The lowest BCUT2D eigenvalue weighted by Crippen LogP contribution is -2.47. The van der Waals surface area contributed by atoms with E-state index in [0.29, 0.717) is 0 Å². The van der Waals surface area contributed by atoms with Crippen LogP contribution in [0.3, 0.4) is 0 Å². The van der Waals surface area contributed by atoms with Gasteiger partial charge in [-0.05, 0) is 18.4 Å². The Hall–Kier alpha value is -1.17. The van der Waals surface area contributed by atoms with Gasteiger partial charge in [0, 0.05) is 30.8 Å². The summed E-state index contributed by atoms with van der Waals surface area (Å²) in [6.07, 6.45) is -0.485. The number of nitrogens with zero attached hydrogens (tertiary/aromatic N) is 1. The molecule has 0 aromatic carbocycles. The molecule has 1 aliphatic rings. The zero-order valence-corrected chi connectivity index (χ0v) is 11.0. The summed E-state index contributed by atoms with van der Waals surface area (Å²) in [5.74, 6) is -2.61. The third-order valence-electron chi connectivity index (χ3n) is 3.09. The highest BCUT2D eigenvalue weighted by atomic mass is 32.1. The molecule has 1 atom stereocenters. The Balaban J connectivity index is 1.86. The van der Waals surface area contributed by atoms with Crippen LogP contribution in [0.2, 0.25) is 0 Å². The van der Waals surface area contributed by atoms with Gasteiger partial charge >= 0.3 is 6.03 Å². The second-order valence-corrected chi connectivity index (χ2v) is 5.51. The van der Waals surface area contributed by atoms with E-state index in [1.807, 2.05) is 24.4 Å². The molecule has 1 fully saturated rings. The highest BCUT2D eigenvalue weighted by Crippen LogP contribution is 2.28. The van der Waals surface area contributed by atoms with Gasteiger partial charge in [0.1, 0.15) is 0 Å². The maximum absolute atomic E-state index is 13.0. The number of amides is 2. The Kier molecular flexibility index (Phi) is 3.85. The average Bonchev–Trinajstić information content (AvgIpc) is 2.82. The van der Waals surface area contributed by atoms with Gasteiger partial charge in [-0.1, -0.05) is 6.07 Å². The molecule has 2 rings (SSSR count). The Morgan fingerprint density at radius 2 is 2.17 bits per heavy atom. The van der Waals surface area contributed by atoms with Gasteiger partial charge in [0.25, 0.3) is 5.92 Å². The van der Waals surface area contributed by atoms with E-state index in [1.165, 1.54) is 4.90 Å². The molecule has 100 valence electrons. The second kappa shape index (κ2) is 5.22. The van der Waals surface area contributed by atoms with Crippen LogP contribution in [-0.2, 0) is 0 Å². The monoisotopic (exact) mass is 274 g/mol. The number of hydrogen-bond acceptors (Lipinski definition) is 2. The first kappa shape index (κ1) is 13.3. The van der Waals surface area contributed by atoms with E-state index in [-0.39, 0.29) is 38.0 Å². The Morgan fingerprint density at radius 1 is 1.50 bits per heavy atom. The molecule has 0 saturated carbocycles. The van der Waals surface area contributed by atoms with E-state index in [4.69, 9.17) is 0 Å². The first-order chi connectivity index (χ1) is 8.48. The van der Waals surface area contributed by atoms with E-state index in [1.54, 1.807) is 11.3 Å². The molecule has 1 aromatic heterocycles. The summed E-state index contributed by atoms with van der Waals surface area (Å²) in [7, 11) is 0. The van der Waals surface area contributed by atoms with Crippen LogP contribution in [0.1, 0.15) is 30.7 Å². The number of likely N-dealkylation sites (tertiary alicyclic amines) is 1. The Labute approximate surface area is 109 Å². The number of piperidine rings is 1. The quantitative estimate of drug-likeness (QED) is 0.882. The molecule has 0 unspecified atom stereocenters. The lowest BCUT2D eigenvalue weighted by molar-refractivity contribution is -0.0470. The van der Waals surface area contributed by atoms with Crippen molar-refractivity contribution in [1.29, 1.82) is 0 Å². The van der Waals surface area contributed by atoms with Crippen molar-refractivity contribution in [3.05, 3.63) is 22.4 Å². The van der Waals surface area contributed by atoms with Crippen LogP contribution in [0.4, 0.5) is 13.6 Å². The number of urea groups is 1. The topological polar surface area (TPSA) is 32.3 Å². The van der Waals surface area contributed by atoms with Crippen LogP contribution >= 0.6 is 11.3 Å². The van der Waals surface area contributed by atoms with Gasteiger partial charge in [0.2, 0.25) is 0 Å². The van der Waals surface area contributed by atoms with Crippen LogP contribution < -0.4 is 5.32 Å². The number of nitrogens with one attached hydrogen (secondary N) is 1. The summed E-state index contributed by atoms with van der Waals surface area (Å²) >= 11 is 1.57. The van der Waals surface area contributed by atoms with Crippen molar-refractivity contribution in [1.82, 2.24) is 10.2 Å². The molecular weight excluding hydrogens is 258 g/mol. The molecule has 1 aliphatic heterocycles. The van der Waals surface area contributed by atoms with Gasteiger partial charge in [-0.15, -0.1) is 11.3 Å². The van der Waals surface area contributed by atoms with E-state index in [9.17, 15) is 13.6 Å². The summed E-state index contributed by atoms with van der Waals surface area (Å²) < 4.78 is 25.9. The normalized spacial score (nSPS) is 20.5. The van der Waals surface area contributed by atoms with Crippen molar-refractivity contribution in [3.8, 4) is 0 Å². The van der Waals surface area contributed by atoms with E-state index in [0.717, 1.165) is 4.88 Å². The van der Waals surface area contributed by atoms with Crippen molar-refractivity contribution in [2.24, 2.45) is 0 Å². The molecule has 18 heavy (non-hydrogen) atoms. The van der Waals surface area contributed by atoms with Gasteiger partial charge in [0.15, 0.2) is 0 Å². The minimum absolute atomic E-state index is 0.0834. The third kappa shape index (κ3) is 3.19. The van der Waals surface area contributed by atoms with E-state index in [2.05, 4.69) is 5.32 Å². The largest absolute Gasteiger partial charge is 0.331 e. The van der Waals surface area contributed by atoms with Crippen molar-refractivity contribution >= 4 is 17.4 Å². The number of halogens is 2. The summed E-state index contributed by atoms with van der Waals surface area (Å²) in [5, 5.41) is 4.78. The van der Waals surface area contributed by atoms with Gasteiger partial charge in [0.05, 0.1) is 6.04 Å². The van der Waals surface area contributed by atoms with E-state index < -0.39 is 5.92 Å². The number of rotatable bonds is 2. The van der Waals surface area contributed by atoms with Gasteiger partial charge in [-0.3, -0.25) is 0 Å². The van der Waals surface area contributed by atoms with Gasteiger partial charge in [-0.2, -0.15) is 0 Å². The molecule has 3 nitrogen and oxygen atoms in total. The van der Waals surface area contributed by atoms with Crippen LogP contribution in [0, 0.1) is 0 Å². The Morgan fingerprint density at radius 3 is 2.72 bits per heavy atom. The SMILES string of the molecule is C[C@@H](NC(=O)N1CCC(F)(F)CC1)c1cccs1. The lowest BCUT2D eigenvalue weighted by atomic mass is 10.1. The zero-order chi connectivity index (χ0) is 13.2. The molecular formula is C12H16F2N2OS. The molecule has 0 bridgehead atoms. The molecule has 2 heterocycles. The lowest BCUT2D eigenvalue weighted by Gasteiger charge is -2.32. The minimum Gasteiger partial charge on any atom is -0.331 e. The number of thiophene rings is 1. The number of hydrogen-bond donors (Lipinski definition) is 1. The number of alkyl halides is 2. The number of carbonyl (C=O) groups is 1. The molecule has 1 N–H and O–H groups in total. The van der Waals surface area contributed by atoms with E-state index >= 15 is 0 Å². The van der Waals surface area contributed by atoms with Crippen LogP contribution in [0.25, 0.3) is 0 Å². The third-order valence-corrected chi connectivity index (χ3v) is 4.15. The highest BCUT2D eigenvalue weighted by molar-refractivity contribution is 7.10. The predicted octanol–water partition coefficient (Wildman–Crippen LogP) is 3.25. The van der Waals surface area contributed by atoms with Crippen LogP contribution in [0.15, 0.2) is 17.5 Å². The standard InChI is InChI=1S/C12H16F2N2OS/c1-9(10-3-2-8-18-10)15-11(17)16-6-4-12(13,14)5-7-16/h2-3,8-9H,4-7H2,1H3,(H,15,17)/t9-/m1/s1.